The molecule has 0 unspecified atom stereocenters. The molecule has 0 aliphatic heterocycles. The summed E-state index contributed by atoms with van der Waals surface area (Å²) in [5.41, 5.74) is 3.19. The van der Waals surface area contributed by atoms with Gasteiger partial charge in [-0.05, 0) is 19.9 Å². The van der Waals surface area contributed by atoms with Crippen LogP contribution in [0.2, 0.25) is 0 Å². The molecule has 17 heavy (non-hydrogen) atoms. The number of hydrogen-bond donors (Lipinski definition) is 2. The van der Waals surface area contributed by atoms with E-state index in [1.807, 2.05) is 6.92 Å². The first kappa shape index (κ1) is 11.5. The molecule has 0 spiro atoms. The summed E-state index contributed by atoms with van der Waals surface area (Å²) in [6.07, 6.45) is 1.65. The van der Waals surface area contributed by atoms with E-state index in [1.165, 1.54) is 0 Å². The van der Waals surface area contributed by atoms with E-state index in [0.717, 1.165) is 5.69 Å². The van der Waals surface area contributed by atoms with Crippen molar-refractivity contribution < 1.29 is 4.39 Å². The van der Waals surface area contributed by atoms with Gasteiger partial charge in [0.25, 0.3) is 0 Å². The Morgan fingerprint density at radius 1 is 1.47 bits per heavy atom. The fourth-order valence-corrected chi connectivity index (χ4v) is 1.54. The summed E-state index contributed by atoms with van der Waals surface area (Å²) in [7, 11) is 0. The fraction of sp³-hybridized carbons (Fsp3) is 0.300. The average Bonchev–Trinajstić information content (AvgIpc) is 2.80. The third kappa shape index (κ3) is 1.96. The van der Waals surface area contributed by atoms with Crippen molar-refractivity contribution in [1.82, 2.24) is 19.7 Å². The van der Waals surface area contributed by atoms with E-state index in [1.54, 1.807) is 23.9 Å². The van der Waals surface area contributed by atoms with Gasteiger partial charge in [0.15, 0.2) is 17.5 Å². The number of rotatable bonds is 3. The minimum Gasteiger partial charge on any atom is -0.306 e. The molecule has 0 fully saturated rings. The third-order valence-electron chi connectivity index (χ3n) is 2.40. The lowest BCUT2D eigenvalue weighted by molar-refractivity contribution is 0.604. The number of nitrogens with zero attached hydrogens (tertiary/aromatic N) is 4. The number of aryl methyl sites for hydroxylation is 2. The Balaban J connectivity index is 2.57. The van der Waals surface area contributed by atoms with E-state index in [0.29, 0.717) is 12.4 Å². The molecule has 2 aromatic heterocycles. The molecular weight excluding hydrogens is 223 g/mol. The SMILES string of the molecule is CCn1nccc1-c1nc(C)c(F)c(NN)n1. The molecule has 0 aromatic carbocycles. The van der Waals surface area contributed by atoms with Crippen molar-refractivity contribution in [3.05, 3.63) is 23.8 Å². The predicted molar refractivity (Wildman–Crippen MR) is 61.4 cm³/mol. The molecule has 0 aliphatic carbocycles. The van der Waals surface area contributed by atoms with Gasteiger partial charge in [-0.2, -0.15) is 5.10 Å². The van der Waals surface area contributed by atoms with E-state index in [2.05, 4.69) is 20.5 Å². The summed E-state index contributed by atoms with van der Waals surface area (Å²) in [5.74, 6) is 5.05. The predicted octanol–water partition coefficient (Wildman–Crippen LogP) is 1.09. The first-order valence-electron chi connectivity index (χ1n) is 5.20. The highest BCUT2D eigenvalue weighted by Crippen LogP contribution is 2.20. The largest absolute Gasteiger partial charge is 0.306 e. The van der Waals surface area contributed by atoms with Crippen LogP contribution in [0.15, 0.2) is 12.3 Å². The van der Waals surface area contributed by atoms with E-state index < -0.39 is 5.82 Å². The third-order valence-corrected chi connectivity index (χ3v) is 2.40. The van der Waals surface area contributed by atoms with Gasteiger partial charge in [-0.15, -0.1) is 0 Å². The molecule has 3 N–H and O–H groups in total. The standard InChI is InChI=1S/C10H13FN6/c1-3-17-7(4-5-13-17)9-14-6(2)8(11)10(15-9)16-12/h4-5H,3,12H2,1-2H3,(H,14,15,16). The van der Waals surface area contributed by atoms with Gasteiger partial charge in [-0.3, -0.25) is 4.68 Å². The summed E-state index contributed by atoms with van der Waals surface area (Å²) >= 11 is 0. The number of halogens is 1. The molecule has 0 aliphatic rings. The van der Waals surface area contributed by atoms with Crippen LogP contribution < -0.4 is 11.3 Å². The van der Waals surface area contributed by atoms with Gasteiger partial charge in [0.2, 0.25) is 0 Å². The molecule has 6 nitrogen and oxygen atoms in total. The number of nitrogen functional groups attached to an aromatic ring is 1. The van der Waals surface area contributed by atoms with Gasteiger partial charge in [-0.1, -0.05) is 0 Å². The summed E-state index contributed by atoms with van der Waals surface area (Å²) < 4.78 is 15.2. The monoisotopic (exact) mass is 236 g/mol. The molecule has 0 atom stereocenters. The van der Waals surface area contributed by atoms with Crippen LogP contribution in [0.1, 0.15) is 12.6 Å². The van der Waals surface area contributed by atoms with Gasteiger partial charge >= 0.3 is 0 Å². The highest BCUT2D eigenvalue weighted by Gasteiger charge is 2.14. The van der Waals surface area contributed by atoms with Crippen LogP contribution in [0.3, 0.4) is 0 Å². The van der Waals surface area contributed by atoms with Crippen molar-refractivity contribution in [1.29, 1.82) is 0 Å². The molecule has 0 radical (unpaired) electrons. The van der Waals surface area contributed by atoms with Crippen LogP contribution in [-0.4, -0.2) is 19.7 Å². The summed E-state index contributed by atoms with van der Waals surface area (Å²) in [5, 5.41) is 4.11. The zero-order valence-corrected chi connectivity index (χ0v) is 9.61. The highest BCUT2D eigenvalue weighted by atomic mass is 19.1. The molecule has 0 saturated heterocycles. The molecule has 2 heterocycles. The highest BCUT2D eigenvalue weighted by molar-refractivity contribution is 5.53. The number of anilines is 1. The van der Waals surface area contributed by atoms with Crippen LogP contribution in [0.25, 0.3) is 11.5 Å². The van der Waals surface area contributed by atoms with Crippen LogP contribution in [0, 0.1) is 12.7 Å². The lowest BCUT2D eigenvalue weighted by Gasteiger charge is -2.08. The Bertz CT molecular complexity index is 536. The average molecular weight is 236 g/mol. The Morgan fingerprint density at radius 3 is 2.88 bits per heavy atom. The minimum absolute atomic E-state index is 0.0173. The lowest BCUT2D eigenvalue weighted by Crippen LogP contribution is -2.13. The van der Waals surface area contributed by atoms with Crippen LogP contribution >= 0.6 is 0 Å². The zero-order chi connectivity index (χ0) is 12.4. The molecule has 0 bridgehead atoms. The first-order chi connectivity index (χ1) is 8.17. The van der Waals surface area contributed by atoms with Gasteiger partial charge in [0.05, 0.1) is 5.69 Å². The Morgan fingerprint density at radius 2 is 2.24 bits per heavy atom. The molecule has 2 rings (SSSR count). The molecule has 7 heteroatoms. The normalized spacial score (nSPS) is 10.6. The number of hydrazine groups is 1. The van der Waals surface area contributed by atoms with Gasteiger partial charge < -0.3 is 5.43 Å². The smallest absolute Gasteiger partial charge is 0.187 e. The van der Waals surface area contributed by atoms with E-state index in [-0.39, 0.29) is 11.5 Å². The second-order valence-corrected chi connectivity index (χ2v) is 3.47. The van der Waals surface area contributed by atoms with Crippen LogP contribution in [-0.2, 0) is 6.54 Å². The number of hydrogen-bond acceptors (Lipinski definition) is 5. The quantitative estimate of drug-likeness (QED) is 0.616. The van der Waals surface area contributed by atoms with Crippen molar-refractivity contribution in [2.45, 2.75) is 20.4 Å². The van der Waals surface area contributed by atoms with Crippen molar-refractivity contribution in [2.75, 3.05) is 5.43 Å². The maximum Gasteiger partial charge on any atom is 0.187 e. The minimum atomic E-state index is -0.543. The number of nitrogens with one attached hydrogen (secondary N) is 1. The lowest BCUT2D eigenvalue weighted by atomic mass is 10.3. The molecule has 90 valence electrons. The zero-order valence-electron chi connectivity index (χ0n) is 9.61. The van der Waals surface area contributed by atoms with E-state index >= 15 is 0 Å². The fourth-order valence-electron chi connectivity index (χ4n) is 1.54. The Hall–Kier alpha value is -2.02. The molecule has 2 aromatic rings. The Kier molecular flexibility index (Phi) is 3.01. The van der Waals surface area contributed by atoms with E-state index in [4.69, 9.17) is 5.84 Å². The van der Waals surface area contributed by atoms with Crippen LogP contribution in [0.5, 0.6) is 0 Å². The maximum absolute atomic E-state index is 13.5. The second-order valence-electron chi connectivity index (χ2n) is 3.47. The number of aromatic nitrogens is 4. The van der Waals surface area contributed by atoms with Gasteiger partial charge in [0, 0.05) is 12.7 Å². The van der Waals surface area contributed by atoms with Crippen LogP contribution in [0.4, 0.5) is 10.2 Å². The van der Waals surface area contributed by atoms with Gasteiger partial charge in [-0.25, -0.2) is 20.2 Å². The summed E-state index contributed by atoms with van der Waals surface area (Å²) in [4.78, 5) is 8.11. The number of nitrogens with two attached hydrogens (primary N) is 1. The summed E-state index contributed by atoms with van der Waals surface area (Å²) in [6, 6.07) is 1.77. The van der Waals surface area contributed by atoms with Gasteiger partial charge in [0.1, 0.15) is 5.69 Å². The topological polar surface area (TPSA) is 81.7 Å². The summed E-state index contributed by atoms with van der Waals surface area (Å²) in [6.45, 7) is 4.20. The maximum atomic E-state index is 13.5. The molecular formula is C10H13FN6. The molecule has 0 amide bonds. The van der Waals surface area contributed by atoms with E-state index in [9.17, 15) is 4.39 Å². The van der Waals surface area contributed by atoms with Crippen molar-refractivity contribution in [3.8, 4) is 11.5 Å². The first-order valence-corrected chi connectivity index (χ1v) is 5.20. The Labute approximate surface area is 97.7 Å². The van der Waals surface area contributed by atoms with Crippen molar-refractivity contribution >= 4 is 5.82 Å². The van der Waals surface area contributed by atoms with Crippen molar-refractivity contribution in [3.63, 3.8) is 0 Å². The second kappa shape index (κ2) is 4.46. The molecule has 0 saturated carbocycles. The van der Waals surface area contributed by atoms with Crippen molar-refractivity contribution in [2.24, 2.45) is 5.84 Å².